The molecule has 0 amide bonds. The van der Waals surface area contributed by atoms with Crippen molar-refractivity contribution in [2.24, 2.45) is 0 Å². The number of benzene rings is 1. The predicted octanol–water partition coefficient (Wildman–Crippen LogP) is 1.87. The van der Waals surface area contributed by atoms with Gasteiger partial charge in [0.2, 0.25) is 0 Å². The molecule has 0 fully saturated rings. The number of rotatable bonds is 0. The summed E-state index contributed by atoms with van der Waals surface area (Å²) in [6.45, 7) is 0. The molecule has 0 bridgehead atoms. The zero-order chi connectivity index (χ0) is 7.68. The number of hydrogen-bond acceptors (Lipinski definition) is 2. The molecule has 1 radical (unpaired) electrons. The molecule has 2 rings (SSSR count). The molecule has 11 heavy (non-hydrogen) atoms. The summed E-state index contributed by atoms with van der Waals surface area (Å²) < 4.78 is 22.4. The monoisotopic (exact) mass is 151 g/mol. The van der Waals surface area contributed by atoms with E-state index in [0.717, 1.165) is 0 Å². The van der Waals surface area contributed by atoms with Crippen LogP contribution in [0.4, 0.5) is 4.39 Å². The fourth-order valence-electron chi connectivity index (χ4n) is 0.814. The van der Waals surface area contributed by atoms with Gasteiger partial charge in [-0.3, -0.25) is 0 Å². The highest BCUT2D eigenvalue weighted by molar-refractivity contribution is 5.41. The molecule has 0 saturated heterocycles. The molecule has 55 valence electrons. The van der Waals surface area contributed by atoms with Crippen molar-refractivity contribution in [3.63, 3.8) is 0 Å². The molecule has 0 aromatic heterocycles. The number of fused-ring (bicyclic) bond motifs is 1. The molecule has 0 spiro atoms. The van der Waals surface area contributed by atoms with E-state index in [1.165, 1.54) is 24.7 Å². The number of ether oxygens (including phenoxy) is 2. The Balaban J connectivity index is 2.48. The van der Waals surface area contributed by atoms with E-state index in [1.807, 2.05) is 0 Å². The first-order chi connectivity index (χ1) is 5.36. The van der Waals surface area contributed by atoms with Crippen molar-refractivity contribution < 1.29 is 13.9 Å². The Morgan fingerprint density at radius 3 is 2.91 bits per heavy atom. The van der Waals surface area contributed by atoms with Crippen LogP contribution in [0.25, 0.3) is 0 Å². The maximum atomic E-state index is 12.5. The standard InChI is InChI=1S/C8H4FO2/c9-6-1-2-7-8(5-6)11-4-3-10-7/h1-4H. The van der Waals surface area contributed by atoms with Crippen LogP contribution in [0.1, 0.15) is 0 Å². The largest absolute Gasteiger partial charge is 0.458 e. The molecule has 0 unspecified atom stereocenters. The first-order valence-corrected chi connectivity index (χ1v) is 3.06. The van der Waals surface area contributed by atoms with E-state index in [1.54, 1.807) is 0 Å². The number of halogens is 1. The average molecular weight is 151 g/mol. The minimum absolute atomic E-state index is 0.285. The summed E-state index contributed by atoms with van der Waals surface area (Å²) in [5, 5.41) is 0. The third kappa shape index (κ3) is 1.05. The third-order valence-electron chi connectivity index (χ3n) is 1.27. The molecule has 1 aromatic carbocycles. The van der Waals surface area contributed by atoms with Crippen LogP contribution in [0.2, 0.25) is 0 Å². The van der Waals surface area contributed by atoms with Gasteiger partial charge < -0.3 is 9.47 Å². The van der Waals surface area contributed by atoms with Crippen LogP contribution < -0.4 is 9.47 Å². The van der Waals surface area contributed by atoms with E-state index in [-0.39, 0.29) is 5.75 Å². The van der Waals surface area contributed by atoms with Gasteiger partial charge in [-0.15, -0.1) is 0 Å². The maximum absolute atomic E-state index is 12.5. The van der Waals surface area contributed by atoms with E-state index in [0.29, 0.717) is 5.75 Å². The Morgan fingerprint density at radius 1 is 1.18 bits per heavy atom. The summed E-state index contributed by atoms with van der Waals surface area (Å²) in [5.74, 6) is 0.309. The molecule has 1 aromatic rings. The zero-order valence-electron chi connectivity index (χ0n) is 5.50. The van der Waals surface area contributed by atoms with Crippen molar-refractivity contribution in [1.29, 1.82) is 0 Å². The van der Waals surface area contributed by atoms with Crippen molar-refractivity contribution in [3.05, 3.63) is 36.5 Å². The van der Waals surface area contributed by atoms with Gasteiger partial charge in [0.15, 0.2) is 11.5 Å². The van der Waals surface area contributed by atoms with Crippen LogP contribution in [0.3, 0.4) is 0 Å². The van der Waals surface area contributed by atoms with Crippen LogP contribution in [0, 0.1) is 11.9 Å². The molecule has 0 atom stereocenters. The Kier molecular flexibility index (Phi) is 1.28. The summed E-state index contributed by atoms with van der Waals surface area (Å²) in [6.07, 6.45) is 2.71. The zero-order valence-corrected chi connectivity index (χ0v) is 5.50. The molecule has 1 aliphatic heterocycles. The van der Waals surface area contributed by atoms with Gasteiger partial charge in [-0.1, -0.05) is 0 Å². The quantitative estimate of drug-likeness (QED) is 0.563. The van der Waals surface area contributed by atoms with Crippen molar-refractivity contribution in [1.82, 2.24) is 0 Å². The summed E-state index contributed by atoms with van der Waals surface area (Å²) >= 11 is 0. The fraction of sp³-hybridized carbons (Fsp3) is 0. The minimum Gasteiger partial charge on any atom is -0.458 e. The number of hydrogen-bond donors (Lipinski definition) is 0. The van der Waals surface area contributed by atoms with Crippen molar-refractivity contribution in [2.75, 3.05) is 0 Å². The lowest BCUT2D eigenvalue weighted by atomic mass is 10.3. The van der Waals surface area contributed by atoms with E-state index in [4.69, 9.17) is 9.47 Å². The topological polar surface area (TPSA) is 18.5 Å². The highest BCUT2D eigenvalue weighted by Crippen LogP contribution is 2.29. The third-order valence-corrected chi connectivity index (χ3v) is 1.27. The first-order valence-electron chi connectivity index (χ1n) is 3.06. The van der Waals surface area contributed by atoms with Crippen molar-refractivity contribution >= 4 is 0 Å². The second-order valence-electron chi connectivity index (χ2n) is 2.01. The summed E-state index contributed by atoms with van der Waals surface area (Å²) in [7, 11) is 0. The predicted molar refractivity (Wildman–Crippen MR) is 35.6 cm³/mol. The highest BCUT2D eigenvalue weighted by Gasteiger charge is 2.08. The Hall–Kier alpha value is -1.51. The molecular formula is C8H4FO2. The SMILES string of the molecule is Fc1[c]c2c(cc1)OC=CO2. The Labute approximate surface area is 62.9 Å². The molecule has 1 heterocycles. The average Bonchev–Trinajstić information content (AvgIpc) is 2.04. The lowest BCUT2D eigenvalue weighted by Gasteiger charge is -2.10. The van der Waals surface area contributed by atoms with Crippen LogP contribution >= 0.6 is 0 Å². The van der Waals surface area contributed by atoms with E-state index >= 15 is 0 Å². The molecule has 0 saturated carbocycles. The van der Waals surface area contributed by atoms with Gasteiger partial charge in [-0.2, -0.15) is 0 Å². The Morgan fingerprint density at radius 2 is 2.00 bits per heavy atom. The summed E-state index contributed by atoms with van der Waals surface area (Å²) in [5.41, 5.74) is 0. The second-order valence-corrected chi connectivity index (χ2v) is 2.01. The summed E-state index contributed by atoms with van der Waals surface area (Å²) in [4.78, 5) is 0. The molecular weight excluding hydrogens is 147 g/mol. The van der Waals surface area contributed by atoms with Gasteiger partial charge in [0.1, 0.15) is 18.3 Å². The van der Waals surface area contributed by atoms with Gasteiger partial charge in [-0.25, -0.2) is 4.39 Å². The van der Waals surface area contributed by atoms with E-state index < -0.39 is 5.82 Å². The molecule has 1 aliphatic rings. The highest BCUT2D eigenvalue weighted by atomic mass is 19.1. The second kappa shape index (κ2) is 2.27. The van der Waals surface area contributed by atoms with Crippen molar-refractivity contribution in [3.8, 4) is 11.5 Å². The van der Waals surface area contributed by atoms with Gasteiger partial charge in [0.25, 0.3) is 0 Å². The Bertz CT molecular complexity index is 307. The molecule has 0 N–H and O–H groups in total. The van der Waals surface area contributed by atoms with Crippen LogP contribution in [0.5, 0.6) is 11.5 Å². The van der Waals surface area contributed by atoms with Crippen LogP contribution in [-0.2, 0) is 0 Å². The van der Waals surface area contributed by atoms with E-state index in [2.05, 4.69) is 6.07 Å². The lowest BCUT2D eigenvalue weighted by Crippen LogP contribution is -1.96. The van der Waals surface area contributed by atoms with Crippen LogP contribution in [0.15, 0.2) is 24.7 Å². The lowest BCUT2D eigenvalue weighted by molar-refractivity contribution is 0.358. The maximum Gasteiger partial charge on any atom is 0.180 e. The van der Waals surface area contributed by atoms with Crippen molar-refractivity contribution in [2.45, 2.75) is 0 Å². The van der Waals surface area contributed by atoms with Gasteiger partial charge in [0.05, 0.1) is 6.07 Å². The van der Waals surface area contributed by atoms with Crippen LogP contribution in [-0.4, -0.2) is 0 Å². The normalized spacial score (nSPS) is 13.2. The fourth-order valence-corrected chi connectivity index (χ4v) is 0.814. The molecule has 0 aliphatic carbocycles. The molecule has 2 nitrogen and oxygen atoms in total. The summed E-state index contributed by atoms with van der Waals surface area (Å²) in [6, 6.07) is 5.12. The first kappa shape index (κ1) is 6.22. The minimum atomic E-state index is -0.456. The van der Waals surface area contributed by atoms with Gasteiger partial charge in [0, 0.05) is 0 Å². The molecule has 3 heteroatoms. The van der Waals surface area contributed by atoms with Gasteiger partial charge >= 0.3 is 0 Å². The van der Waals surface area contributed by atoms with Gasteiger partial charge in [-0.05, 0) is 12.1 Å². The van der Waals surface area contributed by atoms with E-state index in [9.17, 15) is 4.39 Å². The smallest absolute Gasteiger partial charge is 0.180 e.